The van der Waals surface area contributed by atoms with Crippen LogP contribution in [0.2, 0.25) is 0 Å². The SMILES string of the molecule is CCOC(=O)c1ccnc(Oc2ccc(C=Nn3cc(C)nc3N)cc2)c1. The Morgan fingerprint density at radius 3 is 2.74 bits per heavy atom. The molecule has 0 aliphatic rings. The Hall–Kier alpha value is -3.68. The Morgan fingerprint density at radius 1 is 1.30 bits per heavy atom. The van der Waals surface area contributed by atoms with Crippen LogP contribution in [0.5, 0.6) is 11.6 Å². The van der Waals surface area contributed by atoms with Gasteiger partial charge >= 0.3 is 5.97 Å². The van der Waals surface area contributed by atoms with Gasteiger partial charge in [-0.3, -0.25) is 0 Å². The van der Waals surface area contributed by atoms with Crippen molar-refractivity contribution < 1.29 is 14.3 Å². The van der Waals surface area contributed by atoms with E-state index in [1.54, 1.807) is 37.5 Å². The number of pyridine rings is 1. The number of aryl methyl sites for hydroxylation is 1. The largest absolute Gasteiger partial charge is 0.462 e. The van der Waals surface area contributed by atoms with Crippen molar-refractivity contribution in [2.45, 2.75) is 13.8 Å². The van der Waals surface area contributed by atoms with Gasteiger partial charge in [-0.15, -0.1) is 0 Å². The fourth-order valence-corrected chi connectivity index (χ4v) is 2.27. The van der Waals surface area contributed by atoms with Crippen molar-refractivity contribution in [1.82, 2.24) is 14.6 Å². The Bertz CT molecular complexity index is 964. The number of benzene rings is 1. The first-order valence-corrected chi connectivity index (χ1v) is 8.32. The normalized spacial score (nSPS) is 10.9. The molecule has 0 spiro atoms. The number of nitrogens with zero attached hydrogens (tertiary/aromatic N) is 4. The van der Waals surface area contributed by atoms with Gasteiger partial charge in [0.15, 0.2) is 0 Å². The van der Waals surface area contributed by atoms with Crippen LogP contribution in [0, 0.1) is 6.92 Å². The van der Waals surface area contributed by atoms with Gasteiger partial charge in [0, 0.05) is 12.3 Å². The number of esters is 1. The maximum atomic E-state index is 11.8. The Labute approximate surface area is 156 Å². The summed E-state index contributed by atoms with van der Waals surface area (Å²) in [5.74, 6) is 0.809. The third-order valence-corrected chi connectivity index (χ3v) is 3.51. The standard InChI is InChI=1S/C19H19N5O3/c1-3-26-18(25)15-8-9-21-17(10-15)27-16-6-4-14(5-7-16)11-22-24-12-13(2)23-19(24)20/h4-12H,3H2,1-2H3,(H2,20,23). The second kappa shape index (κ2) is 8.13. The van der Waals surface area contributed by atoms with Crippen molar-refractivity contribution in [3.8, 4) is 11.6 Å². The lowest BCUT2D eigenvalue weighted by molar-refractivity contribution is 0.0526. The minimum Gasteiger partial charge on any atom is -0.462 e. The highest BCUT2D eigenvalue weighted by Crippen LogP contribution is 2.20. The first-order chi connectivity index (χ1) is 13.0. The number of ether oxygens (including phenoxy) is 2. The van der Waals surface area contributed by atoms with E-state index >= 15 is 0 Å². The zero-order valence-electron chi connectivity index (χ0n) is 15.0. The number of nitrogens with two attached hydrogens (primary N) is 1. The van der Waals surface area contributed by atoms with Crippen LogP contribution in [0.25, 0.3) is 0 Å². The van der Waals surface area contributed by atoms with E-state index in [4.69, 9.17) is 15.2 Å². The van der Waals surface area contributed by atoms with Gasteiger partial charge in [0.2, 0.25) is 11.8 Å². The predicted molar refractivity (Wildman–Crippen MR) is 101 cm³/mol. The van der Waals surface area contributed by atoms with Gasteiger partial charge < -0.3 is 15.2 Å². The third-order valence-electron chi connectivity index (χ3n) is 3.51. The molecule has 1 aromatic carbocycles. The molecule has 0 saturated heterocycles. The maximum absolute atomic E-state index is 11.8. The average molecular weight is 365 g/mol. The van der Waals surface area contributed by atoms with Gasteiger partial charge in [-0.2, -0.15) is 5.10 Å². The molecule has 8 nitrogen and oxygen atoms in total. The maximum Gasteiger partial charge on any atom is 0.338 e. The van der Waals surface area contributed by atoms with Crippen LogP contribution in [-0.2, 0) is 4.74 Å². The van der Waals surface area contributed by atoms with Crippen molar-refractivity contribution in [2.24, 2.45) is 5.10 Å². The lowest BCUT2D eigenvalue weighted by Gasteiger charge is -2.06. The highest BCUT2D eigenvalue weighted by atomic mass is 16.5. The topological polar surface area (TPSA) is 105 Å². The molecule has 0 bridgehead atoms. The highest BCUT2D eigenvalue weighted by Gasteiger charge is 2.08. The number of hydrogen-bond acceptors (Lipinski definition) is 7. The molecule has 3 aromatic rings. The zero-order valence-corrected chi connectivity index (χ0v) is 15.0. The van der Waals surface area contributed by atoms with E-state index in [1.165, 1.54) is 16.9 Å². The van der Waals surface area contributed by atoms with Crippen molar-refractivity contribution >= 4 is 18.1 Å². The number of anilines is 1. The smallest absolute Gasteiger partial charge is 0.338 e. The predicted octanol–water partition coefficient (Wildman–Crippen LogP) is 3.02. The van der Waals surface area contributed by atoms with Crippen LogP contribution in [0.3, 0.4) is 0 Å². The van der Waals surface area contributed by atoms with Crippen molar-refractivity contribution in [3.05, 3.63) is 65.6 Å². The van der Waals surface area contributed by atoms with Crippen molar-refractivity contribution in [3.63, 3.8) is 0 Å². The molecule has 0 saturated carbocycles. The summed E-state index contributed by atoms with van der Waals surface area (Å²) in [5, 5.41) is 4.26. The Balaban J connectivity index is 1.68. The highest BCUT2D eigenvalue weighted by molar-refractivity contribution is 5.89. The van der Waals surface area contributed by atoms with E-state index in [0.29, 0.717) is 29.7 Å². The molecule has 3 rings (SSSR count). The molecule has 0 aliphatic heterocycles. The van der Waals surface area contributed by atoms with E-state index in [-0.39, 0.29) is 0 Å². The summed E-state index contributed by atoms with van der Waals surface area (Å²) in [6.45, 7) is 3.91. The molecule has 0 radical (unpaired) electrons. The van der Waals surface area contributed by atoms with Gasteiger partial charge in [-0.25, -0.2) is 19.4 Å². The number of imidazole rings is 1. The monoisotopic (exact) mass is 365 g/mol. The molecule has 2 N–H and O–H groups in total. The third kappa shape index (κ3) is 4.69. The molecule has 2 heterocycles. The van der Waals surface area contributed by atoms with E-state index in [9.17, 15) is 4.79 Å². The van der Waals surface area contributed by atoms with Gasteiger partial charge in [0.1, 0.15) is 5.75 Å². The van der Waals surface area contributed by atoms with E-state index in [2.05, 4.69) is 15.1 Å². The Kier molecular flexibility index (Phi) is 5.46. The van der Waals surface area contributed by atoms with Crippen LogP contribution in [-0.4, -0.2) is 33.4 Å². The number of aromatic nitrogens is 3. The van der Waals surface area contributed by atoms with Crippen molar-refractivity contribution in [2.75, 3.05) is 12.3 Å². The fourth-order valence-electron chi connectivity index (χ4n) is 2.27. The van der Waals surface area contributed by atoms with Gasteiger partial charge in [0.25, 0.3) is 0 Å². The van der Waals surface area contributed by atoms with Crippen molar-refractivity contribution in [1.29, 1.82) is 0 Å². The number of rotatable bonds is 6. The number of nitrogen functional groups attached to an aromatic ring is 1. The molecular weight excluding hydrogens is 346 g/mol. The molecule has 8 heteroatoms. The molecule has 0 aliphatic carbocycles. The van der Waals surface area contributed by atoms with Crippen LogP contribution < -0.4 is 10.5 Å². The first-order valence-electron chi connectivity index (χ1n) is 8.32. The molecule has 0 amide bonds. The molecule has 0 fully saturated rings. The van der Waals surface area contributed by atoms with E-state index in [0.717, 1.165) is 11.3 Å². The van der Waals surface area contributed by atoms with E-state index in [1.807, 2.05) is 19.1 Å². The quantitative estimate of drug-likeness (QED) is 0.532. The summed E-state index contributed by atoms with van der Waals surface area (Å²) >= 11 is 0. The minimum atomic E-state index is -0.412. The molecule has 138 valence electrons. The van der Waals surface area contributed by atoms with Crippen LogP contribution in [0.4, 0.5) is 5.95 Å². The van der Waals surface area contributed by atoms with Crippen LogP contribution in [0.15, 0.2) is 53.9 Å². The second-order valence-electron chi connectivity index (χ2n) is 5.60. The van der Waals surface area contributed by atoms with Gasteiger partial charge in [-0.05, 0) is 49.7 Å². The zero-order chi connectivity index (χ0) is 19.2. The second-order valence-corrected chi connectivity index (χ2v) is 5.60. The number of carbonyl (C=O) groups is 1. The molecule has 0 atom stereocenters. The number of hydrogen-bond donors (Lipinski definition) is 1. The summed E-state index contributed by atoms with van der Waals surface area (Å²) in [6, 6.07) is 10.4. The fraction of sp³-hybridized carbons (Fsp3) is 0.158. The van der Waals surface area contributed by atoms with Crippen LogP contribution >= 0.6 is 0 Å². The summed E-state index contributed by atoms with van der Waals surface area (Å²) in [4.78, 5) is 20.0. The minimum absolute atomic E-state index is 0.309. The molecule has 0 unspecified atom stereocenters. The summed E-state index contributed by atoms with van der Waals surface area (Å²) in [5.41, 5.74) is 7.79. The average Bonchev–Trinajstić information content (AvgIpc) is 2.99. The van der Waals surface area contributed by atoms with Gasteiger partial charge in [0.05, 0.1) is 30.3 Å². The summed E-state index contributed by atoms with van der Waals surface area (Å²) < 4.78 is 12.2. The molecular formula is C19H19N5O3. The lowest BCUT2D eigenvalue weighted by Crippen LogP contribution is -2.05. The lowest BCUT2D eigenvalue weighted by atomic mass is 10.2. The summed E-state index contributed by atoms with van der Waals surface area (Å²) in [7, 11) is 0. The number of carbonyl (C=O) groups excluding carboxylic acids is 1. The summed E-state index contributed by atoms with van der Waals surface area (Å²) in [6.07, 6.45) is 4.91. The first kappa shape index (κ1) is 18.1. The van der Waals surface area contributed by atoms with Crippen LogP contribution in [0.1, 0.15) is 28.5 Å². The van der Waals surface area contributed by atoms with E-state index < -0.39 is 5.97 Å². The molecule has 2 aromatic heterocycles. The Morgan fingerprint density at radius 2 is 2.07 bits per heavy atom. The molecule has 27 heavy (non-hydrogen) atoms. The van der Waals surface area contributed by atoms with Gasteiger partial charge in [-0.1, -0.05) is 0 Å².